The van der Waals surface area contributed by atoms with E-state index in [0.717, 1.165) is 12.8 Å². The fourth-order valence-corrected chi connectivity index (χ4v) is 2.60. The Morgan fingerprint density at radius 1 is 1.22 bits per heavy atom. The number of nitrogens with zero attached hydrogens (tertiary/aromatic N) is 3. The summed E-state index contributed by atoms with van der Waals surface area (Å²) in [4.78, 5) is 33.8. The summed E-state index contributed by atoms with van der Waals surface area (Å²) in [7, 11) is 0. The number of carbonyl (C=O) groups is 1. The first kappa shape index (κ1) is 18.6. The Hall–Kier alpha value is -3.20. The van der Waals surface area contributed by atoms with Crippen molar-refractivity contribution < 1.29 is 14.3 Å². The van der Waals surface area contributed by atoms with Crippen molar-refractivity contribution in [2.45, 2.75) is 26.0 Å². The van der Waals surface area contributed by atoms with Gasteiger partial charge in [0.2, 0.25) is 5.95 Å². The standard InChI is InChI=1S/C18H21N5O4/c19-18-21-16-15(17(25)22-18)20-11-23(16)12-26-9-10-27-14(24)8-4-7-13-5-2-1-3-6-13/h1-3,5-6,11H,4,7-10,12H2,(H3,19,21,22,25). The number of rotatable bonds is 9. The van der Waals surface area contributed by atoms with Crippen LogP contribution in [0.4, 0.5) is 5.95 Å². The van der Waals surface area contributed by atoms with Crippen LogP contribution in [-0.2, 0) is 27.4 Å². The predicted molar refractivity (Wildman–Crippen MR) is 98.9 cm³/mol. The molecule has 1 aromatic carbocycles. The molecule has 9 nitrogen and oxygen atoms in total. The highest BCUT2D eigenvalue weighted by Crippen LogP contribution is 2.07. The number of anilines is 1. The number of nitrogens with one attached hydrogen (secondary N) is 1. The van der Waals surface area contributed by atoms with E-state index < -0.39 is 5.56 Å². The van der Waals surface area contributed by atoms with Gasteiger partial charge in [0.1, 0.15) is 13.3 Å². The fraction of sp³-hybridized carbons (Fsp3) is 0.333. The van der Waals surface area contributed by atoms with Gasteiger partial charge in [-0.05, 0) is 18.4 Å². The van der Waals surface area contributed by atoms with Crippen molar-refractivity contribution in [3.63, 3.8) is 0 Å². The SMILES string of the molecule is Nc1nc2c(ncn2COCCOC(=O)CCCc2ccccc2)c(=O)[nH]1. The summed E-state index contributed by atoms with van der Waals surface area (Å²) in [6.07, 6.45) is 3.40. The molecule has 0 atom stereocenters. The third-order valence-electron chi connectivity index (χ3n) is 3.90. The third kappa shape index (κ3) is 5.14. The van der Waals surface area contributed by atoms with Crippen molar-refractivity contribution in [1.29, 1.82) is 0 Å². The zero-order valence-corrected chi connectivity index (χ0v) is 14.8. The number of benzene rings is 1. The molecule has 142 valence electrons. The van der Waals surface area contributed by atoms with Gasteiger partial charge < -0.3 is 15.2 Å². The molecule has 0 saturated carbocycles. The molecule has 9 heteroatoms. The lowest BCUT2D eigenvalue weighted by atomic mass is 10.1. The average molecular weight is 371 g/mol. The largest absolute Gasteiger partial charge is 0.463 e. The van der Waals surface area contributed by atoms with Gasteiger partial charge in [0.25, 0.3) is 5.56 Å². The average Bonchev–Trinajstić information content (AvgIpc) is 3.05. The summed E-state index contributed by atoms with van der Waals surface area (Å²) >= 11 is 0. The third-order valence-corrected chi connectivity index (χ3v) is 3.90. The van der Waals surface area contributed by atoms with E-state index >= 15 is 0 Å². The lowest BCUT2D eigenvalue weighted by Crippen LogP contribution is -2.14. The topological polar surface area (TPSA) is 125 Å². The number of imidazole rings is 1. The van der Waals surface area contributed by atoms with Gasteiger partial charge in [0.05, 0.1) is 12.9 Å². The van der Waals surface area contributed by atoms with Gasteiger partial charge in [0, 0.05) is 6.42 Å². The Bertz CT molecular complexity index is 951. The predicted octanol–water partition coefficient (Wildman–Crippen LogP) is 1.24. The molecule has 0 aliphatic heterocycles. The second-order valence-electron chi connectivity index (χ2n) is 5.93. The quantitative estimate of drug-likeness (QED) is 0.428. The van der Waals surface area contributed by atoms with Crippen LogP contribution in [0.2, 0.25) is 0 Å². The number of hydrogen-bond donors (Lipinski definition) is 2. The molecule has 3 aromatic rings. The normalized spacial score (nSPS) is 11.0. The molecule has 0 bridgehead atoms. The molecular weight excluding hydrogens is 350 g/mol. The van der Waals surface area contributed by atoms with E-state index in [1.165, 1.54) is 11.9 Å². The summed E-state index contributed by atoms with van der Waals surface area (Å²) in [5.41, 5.74) is 6.87. The lowest BCUT2D eigenvalue weighted by Gasteiger charge is -2.07. The minimum absolute atomic E-state index is 0.0127. The molecular formula is C18H21N5O4. The Labute approximate surface area is 155 Å². The number of hydrogen-bond acceptors (Lipinski definition) is 7. The first-order valence-corrected chi connectivity index (χ1v) is 8.61. The molecule has 0 unspecified atom stereocenters. The molecule has 0 spiro atoms. The van der Waals surface area contributed by atoms with Crippen molar-refractivity contribution in [3.05, 3.63) is 52.6 Å². The van der Waals surface area contributed by atoms with Crippen LogP contribution in [0.15, 0.2) is 41.5 Å². The number of ether oxygens (including phenoxy) is 2. The molecule has 3 rings (SSSR count). The van der Waals surface area contributed by atoms with Crippen molar-refractivity contribution in [3.8, 4) is 0 Å². The lowest BCUT2D eigenvalue weighted by molar-refractivity contribution is -0.145. The van der Waals surface area contributed by atoms with E-state index in [1.54, 1.807) is 4.57 Å². The van der Waals surface area contributed by atoms with E-state index in [2.05, 4.69) is 15.0 Å². The number of esters is 1. The van der Waals surface area contributed by atoms with Crippen molar-refractivity contribution in [1.82, 2.24) is 19.5 Å². The van der Waals surface area contributed by atoms with Crippen LogP contribution < -0.4 is 11.3 Å². The number of aryl methyl sites for hydroxylation is 1. The number of aromatic amines is 1. The second-order valence-corrected chi connectivity index (χ2v) is 5.93. The molecule has 0 amide bonds. The Kier molecular flexibility index (Phi) is 6.16. The van der Waals surface area contributed by atoms with E-state index in [0.29, 0.717) is 12.1 Å². The molecule has 2 heterocycles. The van der Waals surface area contributed by atoms with E-state index in [-0.39, 0.29) is 37.4 Å². The van der Waals surface area contributed by atoms with Gasteiger partial charge in [-0.1, -0.05) is 30.3 Å². The van der Waals surface area contributed by atoms with Crippen LogP contribution in [0.3, 0.4) is 0 Å². The summed E-state index contributed by atoms with van der Waals surface area (Å²) < 4.78 is 12.1. The van der Waals surface area contributed by atoms with E-state index in [4.69, 9.17) is 15.2 Å². The number of carbonyl (C=O) groups excluding carboxylic acids is 1. The molecule has 0 aliphatic carbocycles. The number of fused-ring (bicyclic) bond motifs is 1. The van der Waals surface area contributed by atoms with Gasteiger partial charge in [-0.25, -0.2) is 4.98 Å². The van der Waals surface area contributed by atoms with Crippen molar-refractivity contribution >= 4 is 23.1 Å². The van der Waals surface area contributed by atoms with Crippen LogP contribution in [0.25, 0.3) is 11.2 Å². The van der Waals surface area contributed by atoms with Crippen molar-refractivity contribution in [2.24, 2.45) is 0 Å². The summed E-state index contributed by atoms with van der Waals surface area (Å²) in [5.74, 6) is -0.234. The van der Waals surface area contributed by atoms with E-state index in [1.807, 2.05) is 30.3 Å². The van der Waals surface area contributed by atoms with Crippen LogP contribution in [-0.4, -0.2) is 38.7 Å². The zero-order chi connectivity index (χ0) is 19.1. The summed E-state index contributed by atoms with van der Waals surface area (Å²) in [6.45, 7) is 0.508. The van der Waals surface area contributed by atoms with Crippen LogP contribution in [0, 0.1) is 0 Å². The maximum Gasteiger partial charge on any atom is 0.305 e. The highest BCUT2D eigenvalue weighted by atomic mass is 16.6. The van der Waals surface area contributed by atoms with Gasteiger partial charge in [-0.3, -0.25) is 19.1 Å². The summed E-state index contributed by atoms with van der Waals surface area (Å²) in [6, 6.07) is 10.0. The Balaban J connectivity index is 1.35. The number of nitrogen functional groups attached to an aromatic ring is 1. The highest BCUT2D eigenvalue weighted by Gasteiger charge is 2.09. The van der Waals surface area contributed by atoms with Crippen LogP contribution >= 0.6 is 0 Å². The van der Waals surface area contributed by atoms with E-state index in [9.17, 15) is 9.59 Å². The highest BCUT2D eigenvalue weighted by molar-refractivity contribution is 5.70. The number of H-pyrrole nitrogens is 1. The number of aromatic nitrogens is 4. The summed E-state index contributed by atoms with van der Waals surface area (Å²) in [5, 5.41) is 0. The van der Waals surface area contributed by atoms with Gasteiger partial charge >= 0.3 is 5.97 Å². The van der Waals surface area contributed by atoms with Crippen LogP contribution in [0.5, 0.6) is 0 Å². The maximum absolute atomic E-state index is 11.7. The van der Waals surface area contributed by atoms with Gasteiger partial charge in [0.15, 0.2) is 11.2 Å². The molecule has 0 fully saturated rings. The van der Waals surface area contributed by atoms with Gasteiger partial charge in [-0.15, -0.1) is 0 Å². The Morgan fingerprint density at radius 3 is 2.85 bits per heavy atom. The molecule has 0 aliphatic rings. The first-order chi connectivity index (χ1) is 13.1. The van der Waals surface area contributed by atoms with Gasteiger partial charge in [-0.2, -0.15) is 4.98 Å². The maximum atomic E-state index is 11.7. The van der Waals surface area contributed by atoms with Crippen molar-refractivity contribution in [2.75, 3.05) is 18.9 Å². The molecule has 0 saturated heterocycles. The minimum atomic E-state index is -0.402. The first-order valence-electron chi connectivity index (χ1n) is 8.61. The number of nitrogens with two attached hydrogens (primary N) is 1. The molecule has 0 radical (unpaired) electrons. The zero-order valence-electron chi connectivity index (χ0n) is 14.8. The molecule has 2 aromatic heterocycles. The van der Waals surface area contributed by atoms with Crippen LogP contribution in [0.1, 0.15) is 18.4 Å². The smallest absolute Gasteiger partial charge is 0.305 e. The Morgan fingerprint density at radius 2 is 2.04 bits per heavy atom. The molecule has 3 N–H and O–H groups in total. The monoisotopic (exact) mass is 371 g/mol. The molecule has 27 heavy (non-hydrogen) atoms. The minimum Gasteiger partial charge on any atom is -0.463 e. The second kappa shape index (κ2) is 8.95. The fourth-order valence-electron chi connectivity index (χ4n) is 2.60.